The van der Waals surface area contributed by atoms with Gasteiger partial charge in [0.25, 0.3) is 5.91 Å². The van der Waals surface area contributed by atoms with E-state index in [1.165, 1.54) is 6.07 Å². The highest BCUT2D eigenvalue weighted by atomic mass is 19.1. The maximum atomic E-state index is 14.2. The van der Waals surface area contributed by atoms with Crippen molar-refractivity contribution in [3.8, 4) is 0 Å². The molecule has 33 heavy (non-hydrogen) atoms. The van der Waals surface area contributed by atoms with E-state index in [2.05, 4.69) is 5.32 Å². The van der Waals surface area contributed by atoms with Crippen molar-refractivity contribution in [1.29, 1.82) is 0 Å². The molecule has 2 heterocycles. The van der Waals surface area contributed by atoms with Crippen molar-refractivity contribution >= 4 is 39.6 Å². The van der Waals surface area contributed by atoms with Crippen LogP contribution in [0, 0.1) is 12.7 Å². The lowest BCUT2D eigenvalue weighted by atomic mass is 10.1. The van der Waals surface area contributed by atoms with Gasteiger partial charge in [-0.05, 0) is 49.2 Å². The number of hydrogen-bond donors (Lipinski definition) is 2. The molecule has 0 atom stereocenters. The van der Waals surface area contributed by atoms with Crippen LogP contribution in [0.2, 0.25) is 0 Å². The number of fused-ring (bicyclic) bond motifs is 2. The number of nitrogens with zero attached hydrogens (tertiary/aromatic N) is 3. The summed E-state index contributed by atoms with van der Waals surface area (Å²) < 4.78 is 15.9. The molecule has 3 N–H and O–H groups in total. The Hall–Kier alpha value is -4.26. The highest BCUT2D eigenvalue weighted by Gasteiger charge is 2.24. The number of aromatic nitrogens is 3. The first-order valence-corrected chi connectivity index (χ1v) is 10.7. The summed E-state index contributed by atoms with van der Waals surface area (Å²) in [7, 11) is 0. The van der Waals surface area contributed by atoms with Crippen LogP contribution in [0.3, 0.4) is 0 Å². The standard InChI is InChI=1S/C26H22FN5O/c1-16-10-12-18(13-11-16)29-26(33)22-23-25(31-21-9-5-4-8-20(21)30-23)32(24(22)28)15-14-17-6-2-3-7-19(17)27/h2-13H,14-15,28H2,1H3,(H,29,33). The van der Waals surface area contributed by atoms with Gasteiger partial charge in [0.05, 0.1) is 11.0 Å². The minimum atomic E-state index is -0.365. The fraction of sp³-hybridized carbons (Fsp3) is 0.115. The molecule has 0 aliphatic heterocycles. The molecule has 0 bridgehead atoms. The van der Waals surface area contributed by atoms with Crippen molar-refractivity contribution in [1.82, 2.24) is 14.5 Å². The van der Waals surface area contributed by atoms with E-state index in [9.17, 15) is 9.18 Å². The minimum Gasteiger partial charge on any atom is -0.384 e. The van der Waals surface area contributed by atoms with Crippen LogP contribution < -0.4 is 11.1 Å². The van der Waals surface area contributed by atoms with Crippen molar-refractivity contribution in [2.24, 2.45) is 0 Å². The summed E-state index contributed by atoms with van der Waals surface area (Å²) in [5, 5.41) is 2.90. The molecule has 3 aromatic carbocycles. The molecule has 0 saturated heterocycles. The molecule has 5 aromatic rings. The second-order valence-corrected chi connectivity index (χ2v) is 7.96. The van der Waals surface area contributed by atoms with Crippen LogP contribution in [-0.4, -0.2) is 20.4 Å². The number of carbonyl (C=O) groups is 1. The Morgan fingerprint density at radius 1 is 0.970 bits per heavy atom. The molecule has 0 saturated carbocycles. The number of amides is 1. The zero-order chi connectivity index (χ0) is 22.9. The molecule has 5 rings (SSSR count). The molecule has 0 radical (unpaired) electrons. The molecule has 0 unspecified atom stereocenters. The Morgan fingerprint density at radius 2 is 1.64 bits per heavy atom. The van der Waals surface area contributed by atoms with E-state index in [1.54, 1.807) is 22.8 Å². The smallest absolute Gasteiger partial charge is 0.261 e. The number of hydrogen-bond acceptors (Lipinski definition) is 4. The summed E-state index contributed by atoms with van der Waals surface area (Å²) in [6, 6.07) is 21.6. The van der Waals surface area contributed by atoms with Gasteiger partial charge >= 0.3 is 0 Å². The number of aryl methyl sites for hydroxylation is 3. The molecule has 0 fully saturated rings. The lowest BCUT2D eigenvalue weighted by Crippen LogP contribution is -2.15. The van der Waals surface area contributed by atoms with E-state index >= 15 is 0 Å². The van der Waals surface area contributed by atoms with Gasteiger partial charge in [-0.2, -0.15) is 0 Å². The van der Waals surface area contributed by atoms with Crippen LogP contribution in [-0.2, 0) is 13.0 Å². The number of nitrogens with one attached hydrogen (secondary N) is 1. The van der Waals surface area contributed by atoms with Gasteiger partial charge in [0.1, 0.15) is 22.7 Å². The summed E-state index contributed by atoms with van der Waals surface area (Å²) in [5.41, 5.74) is 11.3. The number of para-hydroxylation sites is 2. The Morgan fingerprint density at radius 3 is 2.36 bits per heavy atom. The van der Waals surface area contributed by atoms with Crippen molar-refractivity contribution in [2.45, 2.75) is 19.9 Å². The van der Waals surface area contributed by atoms with Crippen LogP contribution in [0.5, 0.6) is 0 Å². The van der Waals surface area contributed by atoms with Gasteiger partial charge in [-0.25, -0.2) is 14.4 Å². The summed E-state index contributed by atoms with van der Waals surface area (Å²) in [6.07, 6.45) is 0.397. The van der Waals surface area contributed by atoms with E-state index in [0.717, 1.165) is 5.56 Å². The second kappa shape index (κ2) is 8.35. The highest BCUT2D eigenvalue weighted by Crippen LogP contribution is 2.29. The van der Waals surface area contributed by atoms with E-state index in [1.807, 2.05) is 55.5 Å². The van der Waals surface area contributed by atoms with E-state index in [4.69, 9.17) is 15.7 Å². The highest BCUT2D eigenvalue weighted by molar-refractivity contribution is 6.16. The van der Waals surface area contributed by atoms with Gasteiger partial charge in [-0.3, -0.25) is 4.79 Å². The third-order valence-electron chi connectivity index (χ3n) is 5.69. The molecule has 0 aliphatic rings. The number of nitrogens with two attached hydrogens (primary N) is 1. The SMILES string of the molecule is Cc1ccc(NC(=O)c2c(N)n(CCc3ccccc3F)c3nc4ccccc4nc23)cc1. The summed E-state index contributed by atoms with van der Waals surface area (Å²) in [5.74, 6) is -0.391. The average molecular weight is 439 g/mol. The van der Waals surface area contributed by atoms with E-state index in [-0.39, 0.29) is 23.1 Å². The largest absolute Gasteiger partial charge is 0.384 e. The Kier molecular flexibility index (Phi) is 5.22. The molecule has 1 amide bonds. The third kappa shape index (κ3) is 3.89. The molecule has 7 heteroatoms. The van der Waals surface area contributed by atoms with Gasteiger partial charge in [0.15, 0.2) is 5.65 Å². The lowest BCUT2D eigenvalue weighted by molar-refractivity contribution is 0.102. The number of carbonyl (C=O) groups excluding carboxylic acids is 1. The van der Waals surface area contributed by atoms with Crippen LogP contribution in [0.25, 0.3) is 22.2 Å². The Balaban J connectivity index is 1.60. The Bertz CT molecular complexity index is 1490. The van der Waals surface area contributed by atoms with Gasteiger partial charge in [0, 0.05) is 12.2 Å². The maximum absolute atomic E-state index is 14.2. The molecule has 0 spiro atoms. The predicted octanol–water partition coefficient (Wildman–Crippen LogP) is 5.11. The van der Waals surface area contributed by atoms with Gasteiger partial charge < -0.3 is 15.6 Å². The van der Waals surface area contributed by atoms with Gasteiger partial charge in [-0.1, -0.05) is 48.0 Å². The molecule has 2 aromatic heterocycles. The molecule has 6 nitrogen and oxygen atoms in total. The summed E-state index contributed by atoms with van der Waals surface area (Å²) in [6.45, 7) is 2.33. The topological polar surface area (TPSA) is 85.8 Å². The third-order valence-corrected chi connectivity index (χ3v) is 5.69. The number of nitrogen functional groups attached to an aromatic ring is 1. The number of halogens is 1. The zero-order valence-corrected chi connectivity index (χ0v) is 18.0. The first-order chi connectivity index (χ1) is 16.0. The maximum Gasteiger partial charge on any atom is 0.261 e. The molecular formula is C26H22FN5O. The lowest BCUT2D eigenvalue weighted by Gasteiger charge is -2.09. The molecular weight excluding hydrogens is 417 g/mol. The first kappa shape index (κ1) is 20.6. The zero-order valence-electron chi connectivity index (χ0n) is 18.0. The van der Waals surface area contributed by atoms with Crippen molar-refractivity contribution in [2.75, 3.05) is 11.1 Å². The van der Waals surface area contributed by atoms with E-state index in [0.29, 0.717) is 46.4 Å². The summed E-state index contributed by atoms with van der Waals surface area (Å²) in [4.78, 5) is 22.7. The normalized spacial score (nSPS) is 11.2. The van der Waals surface area contributed by atoms with Crippen molar-refractivity contribution < 1.29 is 9.18 Å². The number of benzene rings is 3. The van der Waals surface area contributed by atoms with Crippen molar-refractivity contribution in [3.63, 3.8) is 0 Å². The molecule has 0 aliphatic carbocycles. The number of rotatable bonds is 5. The fourth-order valence-corrected chi connectivity index (χ4v) is 3.93. The Labute approximate surface area is 189 Å². The molecule has 164 valence electrons. The minimum absolute atomic E-state index is 0.251. The number of anilines is 2. The summed E-state index contributed by atoms with van der Waals surface area (Å²) >= 11 is 0. The monoisotopic (exact) mass is 439 g/mol. The van der Waals surface area contributed by atoms with E-state index < -0.39 is 0 Å². The van der Waals surface area contributed by atoms with Crippen LogP contribution in [0.15, 0.2) is 72.8 Å². The van der Waals surface area contributed by atoms with Gasteiger partial charge in [-0.15, -0.1) is 0 Å². The predicted molar refractivity (Wildman–Crippen MR) is 129 cm³/mol. The van der Waals surface area contributed by atoms with Crippen molar-refractivity contribution in [3.05, 3.63) is 95.3 Å². The first-order valence-electron chi connectivity index (χ1n) is 10.7. The van der Waals surface area contributed by atoms with Crippen LogP contribution in [0.1, 0.15) is 21.5 Å². The quantitative estimate of drug-likeness (QED) is 0.399. The van der Waals surface area contributed by atoms with Gasteiger partial charge in [0.2, 0.25) is 0 Å². The second-order valence-electron chi connectivity index (χ2n) is 7.96. The fourth-order valence-electron chi connectivity index (χ4n) is 3.93. The average Bonchev–Trinajstić information content (AvgIpc) is 3.08. The van der Waals surface area contributed by atoms with Crippen LogP contribution in [0.4, 0.5) is 15.9 Å². The van der Waals surface area contributed by atoms with Crippen LogP contribution >= 0.6 is 0 Å².